The fourth-order valence-electron chi connectivity index (χ4n) is 2.57. The second-order valence-corrected chi connectivity index (χ2v) is 4.83. The zero-order valence-corrected chi connectivity index (χ0v) is 11.1. The lowest BCUT2D eigenvalue weighted by atomic mass is 9.90. The molecule has 0 bridgehead atoms. The summed E-state index contributed by atoms with van der Waals surface area (Å²) in [6, 6.07) is 6.25. The number of halogens is 1. The van der Waals surface area contributed by atoms with Crippen molar-refractivity contribution in [3.05, 3.63) is 35.5 Å². The Hall–Kier alpha value is -1.48. The van der Waals surface area contributed by atoms with Crippen LogP contribution < -0.4 is 4.74 Å². The molecule has 1 heterocycles. The molecule has 18 heavy (non-hydrogen) atoms. The molecular weight excluding hydrogens is 248 g/mol. The Morgan fingerprint density at radius 2 is 2.17 bits per heavy atom. The lowest BCUT2D eigenvalue weighted by Crippen LogP contribution is -2.09. The van der Waals surface area contributed by atoms with E-state index in [-0.39, 0.29) is 0 Å². The van der Waals surface area contributed by atoms with Crippen LogP contribution >= 0.6 is 11.6 Å². The van der Waals surface area contributed by atoms with E-state index in [9.17, 15) is 0 Å². The molecule has 0 saturated carbocycles. The van der Waals surface area contributed by atoms with Gasteiger partial charge >= 0.3 is 0 Å². The van der Waals surface area contributed by atoms with Gasteiger partial charge in [-0.25, -0.2) is 0 Å². The standard InChI is InChI=1S/C14H15ClN2O/c1-18-12-4-5-13-10(8-12)2-3-11-9-16-17(7-6-15)14(11)13/h4-5,8-9H,2-3,6-7H2,1H3. The summed E-state index contributed by atoms with van der Waals surface area (Å²) in [5.41, 5.74) is 5.13. The number of hydrogen-bond donors (Lipinski definition) is 0. The Bertz CT molecular complexity index is 577. The molecule has 1 aliphatic rings. The van der Waals surface area contributed by atoms with E-state index in [2.05, 4.69) is 17.2 Å². The number of alkyl halides is 1. The molecule has 0 N–H and O–H groups in total. The van der Waals surface area contributed by atoms with Crippen LogP contribution in [-0.2, 0) is 19.4 Å². The minimum Gasteiger partial charge on any atom is -0.497 e. The normalized spacial score (nSPS) is 13.0. The van der Waals surface area contributed by atoms with Crippen molar-refractivity contribution >= 4 is 11.6 Å². The molecule has 0 unspecified atom stereocenters. The van der Waals surface area contributed by atoms with Crippen LogP contribution in [0.3, 0.4) is 0 Å². The molecule has 1 aromatic carbocycles. The van der Waals surface area contributed by atoms with Crippen molar-refractivity contribution in [3.8, 4) is 17.0 Å². The second-order valence-electron chi connectivity index (χ2n) is 4.45. The van der Waals surface area contributed by atoms with Gasteiger partial charge < -0.3 is 4.74 Å². The molecule has 4 heteroatoms. The van der Waals surface area contributed by atoms with Crippen LogP contribution in [0.2, 0.25) is 0 Å². The van der Waals surface area contributed by atoms with Gasteiger partial charge in [0.1, 0.15) is 5.75 Å². The first-order chi connectivity index (χ1) is 8.83. The van der Waals surface area contributed by atoms with E-state index in [4.69, 9.17) is 16.3 Å². The van der Waals surface area contributed by atoms with Crippen LogP contribution in [0, 0.1) is 0 Å². The topological polar surface area (TPSA) is 27.1 Å². The largest absolute Gasteiger partial charge is 0.497 e. The number of nitrogens with zero attached hydrogens (tertiary/aromatic N) is 2. The van der Waals surface area contributed by atoms with Crippen molar-refractivity contribution in [1.82, 2.24) is 9.78 Å². The molecule has 1 aromatic heterocycles. The first kappa shape index (κ1) is 11.6. The van der Waals surface area contributed by atoms with E-state index in [1.807, 2.05) is 16.9 Å². The summed E-state index contributed by atoms with van der Waals surface area (Å²) in [6.07, 6.45) is 4.05. The second kappa shape index (κ2) is 4.65. The van der Waals surface area contributed by atoms with Gasteiger partial charge in [-0.1, -0.05) is 0 Å². The lowest BCUT2D eigenvalue weighted by Gasteiger charge is -2.19. The number of aromatic nitrogens is 2. The lowest BCUT2D eigenvalue weighted by molar-refractivity contribution is 0.414. The molecule has 0 saturated heterocycles. The zero-order valence-electron chi connectivity index (χ0n) is 10.3. The van der Waals surface area contributed by atoms with Crippen molar-refractivity contribution in [2.75, 3.05) is 13.0 Å². The minimum absolute atomic E-state index is 0.583. The highest BCUT2D eigenvalue weighted by Crippen LogP contribution is 2.35. The van der Waals surface area contributed by atoms with E-state index < -0.39 is 0 Å². The van der Waals surface area contributed by atoms with Crippen molar-refractivity contribution in [1.29, 1.82) is 0 Å². The third-order valence-electron chi connectivity index (χ3n) is 3.44. The van der Waals surface area contributed by atoms with Gasteiger partial charge in [-0.3, -0.25) is 4.68 Å². The van der Waals surface area contributed by atoms with Crippen molar-refractivity contribution in [2.24, 2.45) is 0 Å². The Morgan fingerprint density at radius 1 is 1.33 bits per heavy atom. The van der Waals surface area contributed by atoms with Crippen LogP contribution in [-0.4, -0.2) is 22.8 Å². The first-order valence-corrected chi connectivity index (χ1v) is 6.65. The quantitative estimate of drug-likeness (QED) is 0.796. The Morgan fingerprint density at radius 3 is 2.94 bits per heavy atom. The molecular formula is C14H15ClN2O. The maximum atomic E-state index is 5.83. The van der Waals surface area contributed by atoms with Gasteiger partial charge in [-0.05, 0) is 42.2 Å². The summed E-state index contributed by atoms with van der Waals surface area (Å²) in [6.45, 7) is 0.752. The number of methoxy groups -OCH3 is 1. The molecule has 2 aromatic rings. The maximum Gasteiger partial charge on any atom is 0.119 e. The monoisotopic (exact) mass is 262 g/mol. The average molecular weight is 263 g/mol. The summed E-state index contributed by atoms with van der Waals surface area (Å²) in [7, 11) is 1.70. The van der Waals surface area contributed by atoms with Crippen molar-refractivity contribution in [2.45, 2.75) is 19.4 Å². The summed E-state index contributed by atoms with van der Waals surface area (Å²) < 4.78 is 7.29. The fraction of sp³-hybridized carbons (Fsp3) is 0.357. The van der Waals surface area contributed by atoms with Gasteiger partial charge in [-0.2, -0.15) is 5.10 Å². The highest BCUT2D eigenvalue weighted by molar-refractivity contribution is 6.17. The summed E-state index contributed by atoms with van der Waals surface area (Å²) in [5.74, 6) is 1.50. The van der Waals surface area contributed by atoms with Crippen molar-refractivity contribution in [3.63, 3.8) is 0 Å². The highest BCUT2D eigenvalue weighted by atomic mass is 35.5. The SMILES string of the molecule is COc1ccc2c(c1)CCc1cnn(CCCl)c1-2. The predicted octanol–water partition coefficient (Wildman–Crippen LogP) is 2.90. The predicted molar refractivity (Wildman–Crippen MR) is 72.3 cm³/mol. The number of rotatable bonds is 3. The van der Waals surface area contributed by atoms with Crippen LogP contribution in [0.4, 0.5) is 0 Å². The molecule has 0 atom stereocenters. The van der Waals surface area contributed by atoms with Gasteiger partial charge in [0.25, 0.3) is 0 Å². The highest BCUT2D eigenvalue weighted by Gasteiger charge is 2.21. The van der Waals surface area contributed by atoms with Crippen molar-refractivity contribution < 1.29 is 4.74 Å². The Kier molecular flexibility index (Phi) is 3.00. The van der Waals surface area contributed by atoms with Crippen LogP contribution in [0.25, 0.3) is 11.3 Å². The van der Waals surface area contributed by atoms with Gasteiger partial charge in [0, 0.05) is 11.4 Å². The number of aryl methyl sites for hydroxylation is 3. The maximum absolute atomic E-state index is 5.83. The molecule has 0 aliphatic heterocycles. The number of hydrogen-bond acceptors (Lipinski definition) is 2. The van der Waals surface area contributed by atoms with E-state index >= 15 is 0 Å². The van der Waals surface area contributed by atoms with Crippen LogP contribution in [0.5, 0.6) is 5.75 Å². The molecule has 94 valence electrons. The van der Waals surface area contributed by atoms with Crippen LogP contribution in [0.15, 0.2) is 24.4 Å². The van der Waals surface area contributed by atoms with Gasteiger partial charge in [0.15, 0.2) is 0 Å². The summed E-state index contributed by atoms with van der Waals surface area (Å²) in [4.78, 5) is 0. The van der Waals surface area contributed by atoms with Gasteiger partial charge in [-0.15, -0.1) is 11.6 Å². The molecule has 1 aliphatic carbocycles. The van der Waals surface area contributed by atoms with E-state index in [0.29, 0.717) is 5.88 Å². The molecule has 0 radical (unpaired) electrons. The summed E-state index contributed by atoms with van der Waals surface area (Å²) in [5, 5.41) is 4.43. The fourth-order valence-corrected chi connectivity index (χ4v) is 2.73. The average Bonchev–Trinajstić information content (AvgIpc) is 2.82. The smallest absolute Gasteiger partial charge is 0.119 e. The van der Waals surface area contributed by atoms with E-state index in [1.165, 1.54) is 22.4 Å². The van der Waals surface area contributed by atoms with Gasteiger partial charge in [0.05, 0.1) is 25.5 Å². The summed E-state index contributed by atoms with van der Waals surface area (Å²) >= 11 is 5.83. The molecule has 3 nitrogen and oxygen atoms in total. The number of fused-ring (bicyclic) bond motifs is 3. The molecule has 0 spiro atoms. The molecule has 0 fully saturated rings. The van der Waals surface area contributed by atoms with E-state index in [0.717, 1.165) is 25.1 Å². The number of ether oxygens (including phenoxy) is 1. The molecule has 0 amide bonds. The first-order valence-electron chi connectivity index (χ1n) is 6.11. The Labute approximate surface area is 111 Å². The third kappa shape index (κ3) is 1.79. The molecule has 3 rings (SSSR count). The third-order valence-corrected chi connectivity index (χ3v) is 3.61. The Balaban J connectivity index is 2.12. The van der Waals surface area contributed by atoms with E-state index in [1.54, 1.807) is 7.11 Å². The zero-order chi connectivity index (χ0) is 12.5. The number of benzene rings is 1. The van der Waals surface area contributed by atoms with Crippen LogP contribution in [0.1, 0.15) is 11.1 Å². The van der Waals surface area contributed by atoms with Gasteiger partial charge in [0.2, 0.25) is 0 Å². The minimum atomic E-state index is 0.583.